The second-order valence-electron chi connectivity index (χ2n) is 5.55. The molecular formula is C10H19Cl2N3O2. The van der Waals surface area contributed by atoms with Crippen LogP contribution in [-0.4, -0.2) is 58.6 Å². The Labute approximate surface area is 113 Å². The van der Waals surface area contributed by atoms with Crippen LogP contribution in [0.1, 0.15) is 20.8 Å². The highest BCUT2D eigenvalue weighted by Crippen LogP contribution is 2.31. The van der Waals surface area contributed by atoms with Crippen molar-refractivity contribution >= 4 is 23.7 Å². The molecule has 7 heteroatoms. The molecule has 100 valence electrons. The van der Waals surface area contributed by atoms with E-state index in [4.69, 9.17) is 11.8 Å². The Morgan fingerprint density at radius 3 is 1.88 bits per heavy atom. The van der Waals surface area contributed by atoms with Crippen molar-refractivity contribution in [1.82, 2.24) is 9.32 Å². The molecule has 0 radical (unpaired) electrons. The number of hydrogen-bond donors (Lipinski definition) is 0. The van der Waals surface area contributed by atoms with E-state index in [-0.39, 0.29) is 24.5 Å². The molecule has 0 aliphatic carbocycles. The van der Waals surface area contributed by atoms with Crippen LogP contribution >= 0.6 is 11.8 Å². The number of carbonyl (C=O) groups excluding carboxylic acids is 2. The Balaban J connectivity index is 0.00000256. The van der Waals surface area contributed by atoms with Gasteiger partial charge in [0, 0.05) is 18.7 Å². The van der Waals surface area contributed by atoms with Crippen molar-refractivity contribution < 1.29 is 26.5 Å². The van der Waals surface area contributed by atoms with Gasteiger partial charge >= 0.3 is 6.03 Å². The van der Waals surface area contributed by atoms with E-state index < -0.39 is 11.6 Å². The van der Waals surface area contributed by atoms with E-state index in [0.29, 0.717) is 4.48 Å². The van der Waals surface area contributed by atoms with Crippen molar-refractivity contribution in [3.8, 4) is 0 Å². The van der Waals surface area contributed by atoms with Gasteiger partial charge in [0.1, 0.15) is 5.54 Å². The Bertz CT molecular complexity index is 339. The van der Waals surface area contributed by atoms with E-state index in [1.165, 1.54) is 4.90 Å². The number of urea groups is 1. The molecule has 1 atom stereocenters. The number of hydrogen-bond acceptors (Lipinski definition) is 2. The van der Waals surface area contributed by atoms with E-state index in [9.17, 15) is 9.59 Å². The fourth-order valence-corrected chi connectivity index (χ4v) is 1.63. The monoisotopic (exact) mass is 283 g/mol. The lowest BCUT2D eigenvalue weighted by atomic mass is 10.1. The highest BCUT2D eigenvalue weighted by atomic mass is 35.5. The standard InChI is InChI=1S/C10H19ClN3O2.ClH/c1-7(14(4,5)6)12-8(15)10(2,3)13(11)9(12)16;/h7H,1-6H3;1H/q+1;/p-1. The van der Waals surface area contributed by atoms with Gasteiger partial charge in [0.05, 0.1) is 21.1 Å². The van der Waals surface area contributed by atoms with Crippen LogP contribution in [0.3, 0.4) is 0 Å². The molecule has 1 heterocycles. The van der Waals surface area contributed by atoms with Gasteiger partial charge in [-0.25, -0.2) is 14.1 Å². The smallest absolute Gasteiger partial charge is 0.347 e. The Morgan fingerprint density at radius 1 is 1.24 bits per heavy atom. The third kappa shape index (κ3) is 2.51. The first-order chi connectivity index (χ1) is 7.01. The van der Waals surface area contributed by atoms with Gasteiger partial charge in [-0.3, -0.25) is 4.79 Å². The maximum atomic E-state index is 12.1. The maximum Gasteiger partial charge on any atom is 0.347 e. The molecule has 0 aromatic carbocycles. The van der Waals surface area contributed by atoms with Crippen LogP contribution in [0.2, 0.25) is 0 Å². The van der Waals surface area contributed by atoms with E-state index in [1.54, 1.807) is 13.8 Å². The minimum Gasteiger partial charge on any atom is -1.00 e. The summed E-state index contributed by atoms with van der Waals surface area (Å²) in [5.74, 6) is -0.256. The highest BCUT2D eigenvalue weighted by Gasteiger charge is 2.55. The summed E-state index contributed by atoms with van der Waals surface area (Å²) >= 11 is 5.85. The maximum absolute atomic E-state index is 12.1. The van der Waals surface area contributed by atoms with Crippen LogP contribution in [0.15, 0.2) is 0 Å². The number of nitrogens with zero attached hydrogens (tertiary/aromatic N) is 3. The zero-order valence-corrected chi connectivity index (χ0v) is 12.5. The Hall–Kier alpha value is -0.520. The number of carbonyl (C=O) groups is 2. The number of rotatable bonds is 2. The molecule has 1 rings (SSSR count). The van der Waals surface area contributed by atoms with Gasteiger partial charge in [-0.1, -0.05) is 0 Å². The van der Waals surface area contributed by atoms with Gasteiger partial charge in [-0.15, -0.1) is 0 Å². The molecule has 0 N–H and O–H groups in total. The van der Waals surface area contributed by atoms with Crippen molar-refractivity contribution in [2.75, 3.05) is 21.1 Å². The predicted molar refractivity (Wildman–Crippen MR) is 61.5 cm³/mol. The molecule has 5 nitrogen and oxygen atoms in total. The van der Waals surface area contributed by atoms with Gasteiger partial charge in [0.2, 0.25) is 0 Å². The largest absolute Gasteiger partial charge is 1.00 e. The average Bonchev–Trinajstić information content (AvgIpc) is 2.27. The van der Waals surface area contributed by atoms with Gasteiger partial charge < -0.3 is 16.9 Å². The number of quaternary nitrogens is 1. The van der Waals surface area contributed by atoms with Crippen molar-refractivity contribution in [2.24, 2.45) is 0 Å². The normalized spacial score (nSPS) is 21.6. The highest BCUT2D eigenvalue weighted by molar-refractivity contribution is 6.28. The zero-order chi connectivity index (χ0) is 12.9. The number of imide groups is 1. The quantitative estimate of drug-likeness (QED) is 0.342. The number of halogens is 2. The molecule has 1 saturated heterocycles. The molecular weight excluding hydrogens is 265 g/mol. The lowest BCUT2D eigenvalue weighted by Gasteiger charge is -2.35. The molecule has 1 aliphatic heterocycles. The zero-order valence-electron chi connectivity index (χ0n) is 11.0. The van der Waals surface area contributed by atoms with Gasteiger partial charge in [0.25, 0.3) is 5.91 Å². The minimum absolute atomic E-state index is 0. The van der Waals surface area contributed by atoms with Crippen molar-refractivity contribution in [3.05, 3.63) is 0 Å². The lowest BCUT2D eigenvalue weighted by Crippen LogP contribution is -3.00. The molecule has 1 aliphatic rings. The van der Waals surface area contributed by atoms with Crippen molar-refractivity contribution in [3.63, 3.8) is 0 Å². The minimum atomic E-state index is -0.970. The summed E-state index contributed by atoms with van der Waals surface area (Å²) in [6, 6.07) is -0.447. The summed E-state index contributed by atoms with van der Waals surface area (Å²) in [5, 5.41) is 0. The fraction of sp³-hybridized carbons (Fsp3) is 0.800. The molecule has 0 saturated carbocycles. The van der Waals surface area contributed by atoms with E-state index in [1.807, 2.05) is 28.1 Å². The second kappa shape index (κ2) is 4.63. The molecule has 1 unspecified atom stereocenters. The molecule has 0 aromatic heterocycles. The summed E-state index contributed by atoms with van der Waals surface area (Å²) in [6.45, 7) is 5.12. The summed E-state index contributed by atoms with van der Waals surface area (Å²) in [5.41, 5.74) is -0.970. The first kappa shape index (κ1) is 16.5. The third-order valence-corrected chi connectivity index (χ3v) is 3.67. The van der Waals surface area contributed by atoms with Crippen molar-refractivity contribution in [2.45, 2.75) is 32.5 Å². The number of amides is 3. The van der Waals surface area contributed by atoms with Crippen LogP contribution in [-0.2, 0) is 4.79 Å². The van der Waals surface area contributed by atoms with Crippen molar-refractivity contribution in [1.29, 1.82) is 0 Å². The van der Waals surface area contributed by atoms with E-state index in [2.05, 4.69) is 0 Å². The Morgan fingerprint density at radius 2 is 1.65 bits per heavy atom. The molecule has 1 fully saturated rings. The summed E-state index contributed by atoms with van der Waals surface area (Å²) < 4.78 is 1.46. The van der Waals surface area contributed by atoms with Crippen LogP contribution < -0.4 is 12.4 Å². The average molecular weight is 284 g/mol. The van der Waals surface area contributed by atoms with Gasteiger partial charge in [-0.2, -0.15) is 0 Å². The molecule has 17 heavy (non-hydrogen) atoms. The lowest BCUT2D eigenvalue weighted by molar-refractivity contribution is -0.902. The van der Waals surface area contributed by atoms with Crippen LogP contribution in [0.5, 0.6) is 0 Å². The molecule has 0 aromatic rings. The first-order valence-electron chi connectivity index (χ1n) is 5.16. The second-order valence-corrected chi connectivity index (χ2v) is 5.88. The van der Waals surface area contributed by atoms with Crippen LogP contribution in [0, 0.1) is 0 Å². The first-order valence-corrected chi connectivity index (χ1v) is 5.50. The predicted octanol–water partition coefficient (Wildman–Crippen LogP) is -1.76. The SMILES string of the molecule is CC(N1C(=O)N(Cl)C(C)(C)C1=O)[N+](C)(C)C.[Cl-]. The topological polar surface area (TPSA) is 40.6 Å². The van der Waals surface area contributed by atoms with E-state index >= 15 is 0 Å². The van der Waals surface area contributed by atoms with Crippen LogP contribution in [0.25, 0.3) is 0 Å². The summed E-state index contributed by atoms with van der Waals surface area (Å²) in [7, 11) is 5.78. The van der Waals surface area contributed by atoms with Gasteiger partial charge in [0.15, 0.2) is 6.17 Å². The fourth-order valence-electron chi connectivity index (χ4n) is 1.48. The Kier molecular flexibility index (Phi) is 4.49. The van der Waals surface area contributed by atoms with Crippen LogP contribution in [0.4, 0.5) is 4.79 Å². The summed E-state index contributed by atoms with van der Waals surface area (Å²) in [4.78, 5) is 25.2. The molecule has 0 spiro atoms. The third-order valence-electron chi connectivity index (χ3n) is 3.10. The van der Waals surface area contributed by atoms with E-state index in [0.717, 1.165) is 4.42 Å². The molecule has 0 bridgehead atoms. The van der Waals surface area contributed by atoms with Gasteiger partial charge in [-0.05, 0) is 13.8 Å². The summed E-state index contributed by atoms with van der Waals surface area (Å²) in [6.07, 6.45) is -0.247. The molecule has 3 amide bonds.